The van der Waals surface area contributed by atoms with E-state index in [4.69, 9.17) is 9.84 Å². The third-order valence-electron chi connectivity index (χ3n) is 5.13. The molecule has 0 spiro atoms. The predicted octanol–water partition coefficient (Wildman–Crippen LogP) is 3.34. The molecule has 0 radical (unpaired) electrons. The van der Waals surface area contributed by atoms with Gasteiger partial charge in [0.25, 0.3) is 0 Å². The molecule has 0 aromatic heterocycles. The van der Waals surface area contributed by atoms with Gasteiger partial charge in [0.1, 0.15) is 6.61 Å². The SMILES string of the molecule is O=C(O)C1CCN(C(=O)OCC2c3ccccc3-c3ccccc32)C1. The van der Waals surface area contributed by atoms with Gasteiger partial charge < -0.3 is 14.7 Å². The predicted molar refractivity (Wildman–Crippen MR) is 92.4 cm³/mol. The van der Waals surface area contributed by atoms with Gasteiger partial charge in [-0.05, 0) is 28.7 Å². The summed E-state index contributed by atoms with van der Waals surface area (Å²) in [7, 11) is 0. The maximum atomic E-state index is 12.3. The molecule has 1 heterocycles. The van der Waals surface area contributed by atoms with Gasteiger partial charge in [0, 0.05) is 19.0 Å². The molecular weight excluding hydrogens is 318 g/mol. The molecule has 1 aliphatic heterocycles. The van der Waals surface area contributed by atoms with E-state index >= 15 is 0 Å². The molecule has 1 saturated heterocycles. The lowest BCUT2D eigenvalue weighted by Gasteiger charge is -2.19. The molecular formula is C20H19NO4. The molecule has 1 unspecified atom stereocenters. The normalized spacial score (nSPS) is 18.7. The second-order valence-electron chi connectivity index (χ2n) is 6.57. The number of rotatable bonds is 3. The zero-order valence-corrected chi connectivity index (χ0v) is 13.7. The summed E-state index contributed by atoms with van der Waals surface area (Å²) < 4.78 is 5.55. The Labute approximate surface area is 145 Å². The Morgan fingerprint density at radius 3 is 2.20 bits per heavy atom. The molecule has 5 heteroatoms. The molecule has 5 nitrogen and oxygen atoms in total. The van der Waals surface area contributed by atoms with Crippen molar-refractivity contribution in [2.45, 2.75) is 12.3 Å². The van der Waals surface area contributed by atoms with E-state index in [1.165, 1.54) is 27.2 Å². The summed E-state index contributed by atoms with van der Waals surface area (Å²) in [4.78, 5) is 24.8. The smallest absolute Gasteiger partial charge is 0.409 e. The molecule has 2 aliphatic rings. The summed E-state index contributed by atoms with van der Waals surface area (Å²) in [6, 6.07) is 16.4. The highest BCUT2D eigenvalue weighted by molar-refractivity contribution is 5.79. The maximum Gasteiger partial charge on any atom is 0.409 e. The zero-order valence-electron chi connectivity index (χ0n) is 13.7. The van der Waals surface area contributed by atoms with Crippen LogP contribution in [0.1, 0.15) is 23.5 Å². The van der Waals surface area contributed by atoms with E-state index < -0.39 is 18.0 Å². The van der Waals surface area contributed by atoms with E-state index in [0.29, 0.717) is 13.0 Å². The number of fused-ring (bicyclic) bond motifs is 3. The van der Waals surface area contributed by atoms with Crippen LogP contribution in [0, 0.1) is 5.92 Å². The van der Waals surface area contributed by atoms with Gasteiger partial charge in [0.15, 0.2) is 0 Å². The van der Waals surface area contributed by atoms with Gasteiger partial charge in [-0.2, -0.15) is 0 Å². The number of carboxylic acids is 1. The number of hydrogen-bond donors (Lipinski definition) is 1. The highest BCUT2D eigenvalue weighted by Gasteiger charge is 2.33. The van der Waals surface area contributed by atoms with Crippen molar-refractivity contribution >= 4 is 12.1 Å². The number of amides is 1. The van der Waals surface area contributed by atoms with E-state index in [9.17, 15) is 9.59 Å². The van der Waals surface area contributed by atoms with Crippen LogP contribution in [0.25, 0.3) is 11.1 Å². The largest absolute Gasteiger partial charge is 0.481 e. The molecule has 4 rings (SSSR count). The third-order valence-corrected chi connectivity index (χ3v) is 5.13. The number of aliphatic carboxylic acids is 1. The lowest BCUT2D eigenvalue weighted by molar-refractivity contribution is -0.141. The first-order valence-electron chi connectivity index (χ1n) is 8.48. The van der Waals surface area contributed by atoms with Gasteiger partial charge in [-0.3, -0.25) is 4.79 Å². The Kier molecular flexibility index (Phi) is 3.92. The van der Waals surface area contributed by atoms with Crippen LogP contribution in [0.15, 0.2) is 48.5 Å². The summed E-state index contributed by atoms with van der Waals surface area (Å²) >= 11 is 0. The Hall–Kier alpha value is -2.82. The van der Waals surface area contributed by atoms with E-state index in [1.54, 1.807) is 0 Å². The number of hydrogen-bond acceptors (Lipinski definition) is 3. The Bertz CT molecular complexity index is 786. The van der Waals surface area contributed by atoms with Crippen LogP contribution in [-0.2, 0) is 9.53 Å². The number of benzene rings is 2. The summed E-state index contributed by atoms with van der Waals surface area (Å²) in [6.07, 6.45) is 0.0603. The van der Waals surface area contributed by atoms with Crippen molar-refractivity contribution in [2.24, 2.45) is 5.92 Å². The van der Waals surface area contributed by atoms with Gasteiger partial charge in [-0.1, -0.05) is 48.5 Å². The molecule has 1 atom stereocenters. The summed E-state index contributed by atoms with van der Waals surface area (Å²) in [5.41, 5.74) is 4.71. The van der Waals surface area contributed by atoms with Crippen molar-refractivity contribution in [3.63, 3.8) is 0 Å². The molecule has 1 aliphatic carbocycles. The maximum absolute atomic E-state index is 12.3. The second-order valence-corrected chi connectivity index (χ2v) is 6.57. The van der Waals surface area contributed by atoms with Crippen molar-refractivity contribution < 1.29 is 19.4 Å². The number of carbonyl (C=O) groups excluding carboxylic acids is 1. The van der Waals surface area contributed by atoms with E-state index in [0.717, 1.165) is 0 Å². The van der Waals surface area contributed by atoms with E-state index in [1.807, 2.05) is 24.3 Å². The molecule has 0 bridgehead atoms. The fourth-order valence-electron chi connectivity index (χ4n) is 3.81. The van der Waals surface area contributed by atoms with Crippen LogP contribution < -0.4 is 0 Å². The molecule has 2 aromatic rings. The van der Waals surface area contributed by atoms with Gasteiger partial charge in [-0.25, -0.2) is 4.79 Å². The van der Waals surface area contributed by atoms with Crippen molar-refractivity contribution in [3.8, 4) is 11.1 Å². The second kappa shape index (κ2) is 6.24. The van der Waals surface area contributed by atoms with Crippen molar-refractivity contribution in [3.05, 3.63) is 59.7 Å². The average molecular weight is 337 g/mol. The molecule has 2 aromatic carbocycles. The van der Waals surface area contributed by atoms with Crippen LogP contribution in [0.2, 0.25) is 0 Å². The minimum absolute atomic E-state index is 0.0224. The third kappa shape index (κ3) is 2.76. The quantitative estimate of drug-likeness (QED) is 0.933. The number of ether oxygens (including phenoxy) is 1. The summed E-state index contributed by atoms with van der Waals surface area (Å²) in [6.45, 7) is 0.931. The van der Waals surface area contributed by atoms with Crippen molar-refractivity contribution in [1.82, 2.24) is 4.90 Å². The summed E-state index contributed by atoms with van der Waals surface area (Å²) in [5, 5.41) is 9.06. The van der Waals surface area contributed by atoms with Crippen molar-refractivity contribution in [2.75, 3.05) is 19.7 Å². The zero-order chi connectivity index (χ0) is 17.4. The standard InChI is InChI=1S/C20H19NO4/c22-19(23)13-9-10-21(11-13)20(24)25-12-18-16-7-3-1-5-14(16)15-6-2-4-8-17(15)18/h1-8,13,18H,9-12H2,(H,22,23). The average Bonchev–Trinajstić information content (AvgIpc) is 3.24. The molecule has 1 amide bonds. The topological polar surface area (TPSA) is 66.8 Å². The van der Waals surface area contributed by atoms with Gasteiger partial charge in [0.05, 0.1) is 5.92 Å². The molecule has 1 N–H and O–H groups in total. The van der Waals surface area contributed by atoms with Crippen LogP contribution in [0.5, 0.6) is 0 Å². The molecule has 0 saturated carbocycles. The highest BCUT2D eigenvalue weighted by atomic mass is 16.6. The summed E-state index contributed by atoms with van der Waals surface area (Å²) in [5.74, 6) is -1.32. The number of nitrogens with zero attached hydrogens (tertiary/aromatic N) is 1. The number of carbonyl (C=O) groups is 2. The Morgan fingerprint density at radius 1 is 1.04 bits per heavy atom. The first-order valence-corrected chi connectivity index (χ1v) is 8.48. The minimum Gasteiger partial charge on any atom is -0.481 e. The lowest BCUT2D eigenvalue weighted by Crippen LogP contribution is -2.31. The fourth-order valence-corrected chi connectivity index (χ4v) is 3.81. The van der Waals surface area contributed by atoms with E-state index in [-0.39, 0.29) is 19.1 Å². The minimum atomic E-state index is -0.853. The molecule has 1 fully saturated rings. The Morgan fingerprint density at radius 2 is 1.64 bits per heavy atom. The number of carboxylic acid groups (broad SMARTS) is 1. The monoisotopic (exact) mass is 337 g/mol. The van der Waals surface area contributed by atoms with Crippen LogP contribution in [-0.4, -0.2) is 41.8 Å². The lowest BCUT2D eigenvalue weighted by atomic mass is 9.98. The Balaban J connectivity index is 1.48. The first kappa shape index (κ1) is 15.7. The van der Waals surface area contributed by atoms with Gasteiger partial charge in [-0.15, -0.1) is 0 Å². The van der Waals surface area contributed by atoms with Crippen LogP contribution >= 0.6 is 0 Å². The molecule has 128 valence electrons. The first-order chi connectivity index (χ1) is 12.1. The van der Waals surface area contributed by atoms with Gasteiger partial charge >= 0.3 is 12.1 Å². The van der Waals surface area contributed by atoms with Crippen molar-refractivity contribution in [1.29, 1.82) is 0 Å². The highest BCUT2D eigenvalue weighted by Crippen LogP contribution is 2.44. The number of likely N-dealkylation sites (tertiary alicyclic amines) is 1. The van der Waals surface area contributed by atoms with E-state index in [2.05, 4.69) is 24.3 Å². The molecule has 25 heavy (non-hydrogen) atoms. The van der Waals surface area contributed by atoms with Gasteiger partial charge in [0.2, 0.25) is 0 Å². The fraction of sp³-hybridized carbons (Fsp3) is 0.300. The van der Waals surface area contributed by atoms with Crippen LogP contribution in [0.3, 0.4) is 0 Å². The van der Waals surface area contributed by atoms with Crippen LogP contribution in [0.4, 0.5) is 4.79 Å².